The number of halogens is 1. The number of sulfonamides is 1. The lowest BCUT2D eigenvalue weighted by molar-refractivity contribution is -0.118. The monoisotopic (exact) mass is 407 g/mol. The molecule has 0 aliphatic carbocycles. The summed E-state index contributed by atoms with van der Waals surface area (Å²) in [5.74, 6) is -0.237. The number of amides is 1. The summed E-state index contributed by atoms with van der Waals surface area (Å²) in [4.78, 5) is 16.6. The quantitative estimate of drug-likeness (QED) is 0.763. The molecule has 0 fully saturated rings. The first-order chi connectivity index (χ1) is 12.8. The van der Waals surface area contributed by atoms with Crippen LogP contribution in [0.25, 0.3) is 0 Å². The van der Waals surface area contributed by atoms with Crippen LogP contribution < -0.4 is 4.90 Å². The predicted molar refractivity (Wildman–Crippen MR) is 106 cm³/mol. The van der Waals surface area contributed by atoms with Crippen LogP contribution in [-0.2, 0) is 21.4 Å². The van der Waals surface area contributed by atoms with E-state index >= 15 is 0 Å². The van der Waals surface area contributed by atoms with E-state index in [9.17, 15) is 13.2 Å². The number of anilines is 1. The predicted octanol–water partition coefficient (Wildman–Crippen LogP) is 2.44. The molecule has 0 aromatic heterocycles. The highest BCUT2D eigenvalue weighted by atomic mass is 35.5. The van der Waals surface area contributed by atoms with Gasteiger partial charge in [-0.05, 0) is 43.9 Å². The summed E-state index contributed by atoms with van der Waals surface area (Å²) in [6.45, 7) is 0.971. The van der Waals surface area contributed by atoms with Gasteiger partial charge in [-0.25, -0.2) is 8.42 Å². The van der Waals surface area contributed by atoms with Gasteiger partial charge in [0.15, 0.2) is 0 Å². The molecule has 0 N–H and O–H groups in total. The van der Waals surface area contributed by atoms with E-state index in [-0.39, 0.29) is 23.9 Å². The molecule has 1 aliphatic heterocycles. The Bertz CT molecular complexity index is 929. The lowest BCUT2D eigenvalue weighted by Crippen LogP contribution is -2.41. The van der Waals surface area contributed by atoms with Crippen LogP contribution in [-0.4, -0.2) is 57.3 Å². The van der Waals surface area contributed by atoms with Gasteiger partial charge in [0.05, 0.1) is 12.2 Å². The number of nitrogens with zero attached hydrogens (tertiary/aromatic N) is 3. The average molecular weight is 408 g/mol. The number of rotatable bonds is 5. The molecule has 1 amide bonds. The third-order valence-corrected chi connectivity index (χ3v) is 6.52. The maximum absolute atomic E-state index is 13.2. The number of hydrogen-bond donors (Lipinski definition) is 0. The van der Waals surface area contributed by atoms with Gasteiger partial charge in [-0.1, -0.05) is 35.9 Å². The number of fused-ring (bicyclic) bond motifs is 1. The Balaban J connectivity index is 2.00. The zero-order valence-electron chi connectivity index (χ0n) is 15.3. The second kappa shape index (κ2) is 7.98. The van der Waals surface area contributed by atoms with Crippen molar-refractivity contribution < 1.29 is 13.2 Å². The molecule has 0 atom stereocenters. The van der Waals surface area contributed by atoms with E-state index in [1.54, 1.807) is 53.4 Å². The topological polar surface area (TPSA) is 60.9 Å². The van der Waals surface area contributed by atoms with E-state index < -0.39 is 10.0 Å². The van der Waals surface area contributed by atoms with Crippen molar-refractivity contribution in [2.24, 2.45) is 0 Å². The molecule has 1 aliphatic rings. The van der Waals surface area contributed by atoms with Crippen LogP contribution >= 0.6 is 11.6 Å². The first kappa shape index (κ1) is 19.8. The van der Waals surface area contributed by atoms with E-state index in [0.29, 0.717) is 23.8 Å². The van der Waals surface area contributed by atoms with E-state index in [1.807, 2.05) is 19.0 Å². The third kappa shape index (κ3) is 4.32. The standard InChI is InChI=1S/C19H22ClN3O3S/c1-21(2)11-12-23-17-5-3-4-6-18(17)27(25,26)22(14-19(23)24)13-15-7-9-16(20)10-8-15/h3-10H,11-14H2,1-2H3. The van der Waals surface area contributed by atoms with Gasteiger partial charge in [0.25, 0.3) is 0 Å². The summed E-state index contributed by atoms with van der Waals surface area (Å²) in [5, 5.41) is 0.578. The van der Waals surface area contributed by atoms with Crippen molar-refractivity contribution in [2.75, 3.05) is 38.6 Å². The fourth-order valence-electron chi connectivity index (χ4n) is 2.97. The zero-order valence-corrected chi connectivity index (χ0v) is 16.9. The number of para-hydroxylation sites is 1. The maximum atomic E-state index is 13.2. The molecule has 0 saturated heterocycles. The summed E-state index contributed by atoms with van der Waals surface area (Å²) >= 11 is 5.91. The number of hydrogen-bond acceptors (Lipinski definition) is 4. The molecule has 3 rings (SSSR count). The Kier molecular flexibility index (Phi) is 5.86. The van der Waals surface area contributed by atoms with Crippen LogP contribution in [0.2, 0.25) is 5.02 Å². The Morgan fingerprint density at radius 2 is 1.74 bits per heavy atom. The van der Waals surface area contributed by atoms with Gasteiger partial charge in [0, 0.05) is 24.7 Å². The number of likely N-dealkylation sites (N-methyl/N-ethyl adjacent to an activating group) is 1. The van der Waals surface area contributed by atoms with Gasteiger partial charge in [-0.2, -0.15) is 4.31 Å². The highest BCUT2D eigenvalue weighted by Crippen LogP contribution is 2.32. The van der Waals surface area contributed by atoms with E-state index in [1.165, 1.54) is 4.31 Å². The normalized spacial score (nSPS) is 17.0. The Morgan fingerprint density at radius 3 is 2.41 bits per heavy atom. The fraction of sp³-hybridized carbons (Fsp3) is 0.316. The molecule has 0 bridgehead atoms. The lowest BCUT2D eigenvalue weighted by Gasteiger charge is -2.23. The van der Waals surface area contributed by atoms with Gasteiger partial charge >= 0.3 is 0 Å². The molecule has 8 heteroatoms. The molecule has 2 aromatic rings. The summed E-state index contributed by atoms with van der Waals surface area (Å²) in [5.41, 5.74) is 1.21. The first-order valence-corrected chi connectivity index (χ1v) is 10.4. The van der Waals surface area contributed by atoms with Crippen molar-refractivity contribution in [1.29, 1.82) is 0 Å². The van der Waals surface area contributed by atoms with Crippen LogP contribution in [0.3, 0.4) is 0 Å². The van der Waals surface area contributed by atoms with Gasteiger partial charge in [0.1, 0.15) is 4.90 Å². The Hall–Kier alpha value is -1.93. The largest absolute Gasteiger partial charge is 0.309 e. The van der Waals surface area contributed by atoms with Crippen molar-refractivity contribution in [3.8, 4) is 0 Å². The Morgan fingerprint density at radius 1 is 1.07 bits per heavy atom. The minimum atomic E-state index is -3.81. The smallest absolute Gasteiger partial charge is 0.245 e. The third-order valence-electron chi connectivity index (χ3n) is 4.43. The van der Waals surface area contributed by atoms with Crippen LogP contribution in [0.5, 0.6) is 0 Å². The minimum absolute atomic E-state index is 0.112. The SMILES string of the molecule is CN(C)CCN1C(=O)CN(Cc2ccc(Cl)cc2)S(=O)(=O)c2ccccc21. The average Bonchev–Trinajstić information content (AvgIpc) is 2.70. The van der Waals surface area contributed by atoms with E-state index in [2.05, 4.69) is 0 Å². The summed E-state index contributed by atoms with van der Waals surface area (Å²) < 4.78 is 27.7. The van der Waals surface area contributed by atoms with Crippen molar-refractivity contribution in [1.82, 2.24) is 9.21 Å². The molecule has 0 spiro atoms. The summed E-state index contributed by atoms with van der Waals surface area (Å²) in [6, 6.07) is 13.6. The molecule has 0 radical (unpaired) electrons. The van der Waals surface area contributed by atoms with Gasteiger partial charge in [-0.3, -0.25) is 4.79 Å². The molecule has 144 valence electrons. The second-order valence-corrected chi connectivity index (χ2v) is 9.06. The van der Waals surface area contributed by atoms with Crippen LogP contribution in [0.15, 0.2) is 53.4 Å². The second-order valence-electron chi connectivity index (χ2n) is 6.72. The highest BCUT2D eigenvalue weighted by Gasteiger charge is 2.36. The summed E-state index contributed by atoms with van der Waals surface area (Å²) in [7, 11) is 0.0212. The van der Waals surface area contributed by atoms with Crippen molar-refractivity contribution in [3.05, 3.63) is 59.1 Å². The van der Waals surface area contributed by atoms with Crippen molar-refractivity contribution in [3.63, 3.8) is 0 Å². The molecule has 2 aromatic carbocycles. The molecule has 6 nitrogen and oxygen atoms in total. The molecular formula is C19H22ClN3O3S. The first-order valence-electron chi connectivity index (χ1n) is 8.58. The van der Waals surface area contributed by atoms with Gasteiger partial charge in [0.2, 0.25) is 15.9 Å². The van der Waals surface area contributed by atoms with E-state index in [0.717, 1.165) is 5.56 Å². The number of carbonyl (C=O) groups is 1. The number of benzene rings is 2. The number of carbonyl (C=O) groups excluding carboxylic acids is 1. The lowest BCUT2D eigenvalue weighted by atomic mass is 10.2. The zero-order chi connectivity index (χ0) is 19.6. The Labute approximate surface area is 165 Å². The molecular weight excluding hydrogens is 386 g/mol. The van der Waals surface area contributed by atoms with Crippen LogP contribution in [0.1, 0.15) is 5.56 Å². The highest BCUT2D eigenvalue weighted by molar-refractivity contribution is 7.89. The fourth-order valence-corrected chi connectivity index (χ4v) is 4.67. The van der Waals surface area contributed by atoms with Crippen LogP contribution in [0, 0.1) is 0 Å². The minimum Gasteiger partial charge on any atom is -0.309 e. The summed E-state index contributed by atoms with van der Waals surface area (Å²) in [6.07, 6.45) is 0. The van der Waals surface area contributed by atoms with E-state index in [4.69, 9.17) is 11.6 Å². The molecule has 0 unspecified atom stereocenters. The molecule has 27 heavy (non-hydrogen) atoms. The molecule has 1 heterocycles. The van der Waals surface area contributed by atoms with Crippen LogP contribution in [0.4, 0.5) is 5.69 Å². The van der Waals surface area contributed by atoms with Gasteiger partial charge in [-0.15, -0.1) is 0 Å². The van der Waals surface area contributed by atoms with Gasteiger partial charge < -0.3 is 9.80 Å². The van der Waals surface area contributed by atoms with Crippen molar-refractivity contribution in [2.45, 2.75) is 11.4 Å². The van der Waals surface area contributed by atoms with Crippen molar-refractivity contribution >= 4 is 33.2 Å². The molecule has 0 saturated carbocycles. The maximum Gasteiger partial charge on any atom is 0.245 e.